The first-order chi connectivity index (χ1) is 10.0. The number of hydrogen-bond acceptors (Lipinski definition) is 5. The molecule has 6 heteroatoms. The van der Waals surface area contributed by atoms with E-state index in [4.69, 9.17) is 10.5 Å². The van der Waals surface area contributed by atoms with Gasteiger partial charge in [-0.25, -0.2) is 9.79 Å². The molecule has 0 unspecified atom stereocenters. The minimum Gasteiger partial charge on any atom is -0.451 e. The standard InChI is InChI=1S/C15H16N2O3S/c1-11(2)15(19)20-10-21-9-17-13(8-14(16)18)12-6-4-3-5-7-12/h3-9H,1,10H2,2H3,(H2,16,18)/b13-8-,17-9+. The van der Waals surface area contributed by atoms with Gasteiger partial charge in [-0.2, -0.15) is 0 Å². The van der Waals surface area contributed by atoms with Crippen LogP contribution in [0.2, 0.25) is 0 Å². The Kier molecular flexibility index (Phi) is 6.97. The van der Waals surface area contributed by atoms with Crippen molar-refractivity contribution >= 4 is 34.9 Å². The number of benzene rings is 1. The number of amides is 1. The van der Waals surface area contributed by atoms with Crippen LogP contribution in [-0.2, 0) is 14.3 Å². The smallest absolute Gasteiger partial charge is 0.333 e. The van der Waals surface area contributed by atoms with Crippen LogP contribution in [0.15, 0.2) is 53.6 Å². The first-order valence-corrected chi connectivity index (χ1v) is 7.09. The molecule has 0 aromatic heterocycles. The van der Waals surface area contributed by atoms with E-state index < -0.39 is 11.9 Å². The fourth-order valence-corrected chi connectivity index (χ4v) is 1.70. The number of thioether (sulfide) groups is 1. The molecule has 0 bridgehead atoms. The highest BCUT2D eigenvalue weighted by Crippen LogP contribution is 2.15. The number of carbonyl (C=O) groups is 2. The molecule has 110 valence electrons. The predicted octanol–water partition coefficient (Wildman–Crippen LogP) is 2.35. The van der Waals surface area contributed by atoms with E-state index in [0.29, 0.717) is 11.3 Å². The molecule has 0 aliphatic rings. The van der Waals surface area contributed by atoms with E-state index >= 15 is 0 Å². The molecule has 1 aromatic rings. The zero-order chi connectivity index (χ0) is 15.7. The zero-order valence-electron chi connectivity index (χ0n) is 11.6. The Morgan fingerprint density at radius 1 is 1.38 bits per heavy atom. The van der Waals surface area contributed by atoms with E-state index in [-0.39, 0.29) is 5.94 Å². The van der Waals surface area contributed by atoms with Crippen molar-refractivity contribution < 1.29 is 14.3 Å². The Morgan fingerprint density at radius 2 is 2.05 bits per heavy atom. The van der Waals surface area contributed by atoms with E-state index in [1.807, 2.05) is 30.3 Å². The van der Waals surface area contributed by atoms with Crippen LogP contribution >= 0.6 is 11.8 Å². The van der Waals surface area contributed by atoms with Crippen LogP contribution in [0.5, 0.6) is 0 Å². The number of hydrogen-bond donors (Lipinski definition) is 1. The lowest BCUT2D eigenvalue weighted by Crippen LogP contribution is -2.06. The van der Waals surface area contributed by atoms with Crippen LogP contribution in [-0.4, -0.2) is 23.4 Å². The fraction of sp³-hybridized carbons (Fsp3) is 0.133. The van der Waals surface area contributed by atoms with Crippen molar-refractivity contribution in [3.05, 3.63) is 54.1 Å². The topological polar surface area (TPSA) is 81.8 Å². The molecule has 0 radical (unpaired) electrons. The molecule has 1 amide bonds. The number of nitrogens with two attached hydrogens (primary N) is 1. The molecule has 0 saturated carbocycles. The van der Waals surface area contributed by atoms with E-state index in [1.165, 1.54) is 23.4 Å². The van der Waals surface area contributed by atoms with E-state index in [1.54, 1.807) is 6.92 Å². The number of ether oxygens (including phenoxy) is 1. The Labute approximate surface area is 127 Å². The lowest BCUT2D eigenvalue weighted by molar-refractivity contribution is -0.136. The molecular formula is C15H16N2O3S. The van der Waals surface area contributed by atoms with Gasteiger partial charge >= 0.3 is 5.97 Å². The highest BCUT2D eigenvalue weighted by atomic mass is 32.2. The number of esters is 1. The molecular weight excluding hydrogens is 288 g/mol. The van der Waals surface area contributed by atoms with Crippen LogP contribution in [0.4, 0.5) is 0 Å². The van der Waals surface area contributed by atoms with Gasteiger partial charge in [-0.05, 0) is 6.92 Å². The third-order valence-electron chi connectivity index (χ3n) is 2.22. The molecule has 0 aliphatic heterocycles. The monoisotopic (exact) mass is 304 g/mol. The summed E-state index contributed by atoms with van der Waals surface area (Å²) in [6.45, 7) is 5.05. The lowest BCUT2D eigenvalue weighted by atomic mass is 10.1. The Morgan fingerprint density at radius 3 is 2.62 bits per heavy atom. The average Bonchev–Trinajstić information content (AvgIpc) is 2.45. The van der Waals surface area contributed by atoms with Crippen LogP contribution in [0.1, 0.15) is 12.5 Å². The number of nitrogens with zero attached hydrogens (tertiary/aromatic N) is 1. The lowest BCUT2D eigenvalue weighted by Gasteiger charge is -2.02. The number of carbonyl (C=O) groups excluding carboxylic acids is 2. The Balaban J connectivity index is 2.63. The summed E-state index contributed by atoms with van der Waals surface area (Å²) >= 11 is 1.18. The minimum absolute atomic E-state index is 0.119. The summed E-state index contributed by atoms with van der Waals surface area (Å²) in [5, 5.41) is 0. The zero-order valence-corrected chi connectivity index (χ0v) is 12.4. The normalized spacial score (nSPS) is 11.4. The van der Waals surface area contributed by atoms with Crippen LogP contribution in [0.25, 0.3) is 5.70 Å². The van der Waals surface area contributed by atoms with E-state index in [9.17, 15) is 9.59 Å². The van der Waals surface area contributed by atoms with Crippen molar-refractivity contribution in [2.45, 2.75) is 6.92 Å². The first-order valence-electron chi connectivity index (χ1n) is 6.04. The van der Waals surface area contributed by atoms with Gasteiger partial charge in [-0.1, -0.05) is 48.7 Å². The first kappa shape index (κ1) is 16.7. The van der Waals surface area contributed by atoms with Gasteiger partial charge in [-0.15, -0.1) is 0 Å². The quantitative estimate of drug-likeness (QED) is 0.209. The summed E-state index contributed by atoms with van der Waals surface area (Å²) in [6, 6.07) is 9.17. The van der Waals surface area contributed by atoms with Crippen molar-refractivity contribution in [1.29, 1.82) is 0 Å². The molecule has 0 aliphatic carbocycles. The van der Waals surface area contributed by atoms with Crippen LogP contribution in [0.3, 0.4) is 0 Å². The van der Waals surface area contributed by atoms with Gasteiger partial charge in [0.1, 0.15) is 5.94 Å². The maximum absolute atomic E-state index is 11.2. The Bertz CT molecular complexity index is 580. The highest BCUT2D eigenvalue weighted by molar-refractivity contribution is 8.11. The molecule has 0 saturated heterocycles. The van der Waals surface area contributed by atoms with Crippen LogP contribution in [0, 0.1) is 0 Å². The molecule has 2 N–H and O–H groups in total. The second kappa shape index (κ2) is 8.76. The molecule has 0 fully saturated rings. The third-order valence-corrected chi connectivity index (χ3v) is 2.73. The maximum Gasteiger partial charge on any atom is 0.333 e. The van der Waals surface area contributed by atoms with Crippen molar-refractivity contribution in [2.24, 2.45) is 10.7 Å². The third kappa shape index (κ3) is 6.58. The molecule has 1 rings (SSSR count). The van der Waals surface area contributed by atoms with Gasteiger partial charge in [0.15, 0.2) is 0 Å². The molecule has 0 heterocycles. The number of primary amides is 1. The average molecular weight is 304 g/mol. The number of aliphatic imine (C=N–C) groups is 1. The summed E-state index contributed by atoms with van der Waals surface area (Å²) in [4.78, 5) is 26.3. The maximum atomic E-state index is 11.2. The van der Waals surface area contributed by atoms with E-state index in [2.05, 4.69) is 11.6 Å². The second-order valence-electron chi connectivity index (χ2n) is 4.03. The summed E-state index contributed by atoms with van der Waals surface area (Å²) in [6.07, 6.45) is 1.24. The molecule has 21 heavy (non-hydrogen) atoms. The van der Waals surface area contributed by atoms with Crippen LogP contribution < -0.4 is 5.73 Å². The second-order valence-corrected chi connectivity index (χ2v) is 4.81. The number of rotatable bonds is 7. The van der Waals surface area contributed by atoms with Crippen molar-refractivity contribution in [3.8, 4) is 0 Å². The van der Waals surface area contributed by atoms with Gasteiger partial charge in [0.25, 0.3) is 0 Å². The minimum atomic E-state index is -0.579. The summed E-state index contributed by atoms with van der Waals surface area (Å²) < 4.78 is 4.89. The fourth-order valence-electron chi connectivity index (χ4n) is 1.27. The van der Waals surface area contributed by atoms with Gasteiger partial charge in [0.2, 0.25) is 5.91 Å². The molecule has 1 aromatic carbocycles. The van der Waals surface area contributed by atoms with Gasteiger partial charge in [-0.3, -0.25) is 4.79 Å². The summed E-state index contributed by atoms with van der Waals surface area (Å²) in [5.74, 6) is -0.912. The summed E-state index contributed by atoms with van der Waals surface area (Å²) in [5.41, 5.74) is 8.21. The van der Waals surface area contributed by atoms with E-state index in [0.717, 1.165) is 5.56 Å². The van der Waals surface area contributed by atoms with Gasteiger partial charge in [0, 0.05) is 17.2 Å². The van der Waals surface area contributed by atoms with Gasteiger partial charge in [0.05, 0.1) is 11.2 Å². The molecule has 5 nitrogen and oxygen atoms in total. The summed E-state index contributed by atoms with van der Waals surface area (Å²) in [7, 11) is 0. The highest BCUT2D eigenvalue weighted by Gasteiger charge is 2.02. The Hall–Kier alpha value is -2.34. The van der Waals surface area contributed by atoms with Gasteiger partial charge < -0.3 is 10.5 Å². The SMILES string of the molecule is C=C(C)C(=O)OCS/C=N/C(=C\C(N)=O)c1ccccc1. The predicted molar refractivity (Wildman–Crippen MR) is 85.5 cm³/mol. The molecule has 0 atom stereocenters. The van der Waals surface area contributed by atoms with Crippen molar-refractivity contribution in [1.82, 2.24) is 0 Å². The van der Waals surface area contributed by atoms with Crippen molar-refractivity contribution in [3.63, 3.8) is 0 Å². The van der Waals surface area contributed by atoms with Crippen molar-refractivity contribution in [2.75, 3.05) is 5.94 Å². The molecule has 0 spiro atoms. The largest absolute Gasteiger partial charge is 0.451 e.